The number of hydrogen-bond acceptors (Lipinski definition) is 4. The predicted molar refractivity (Wildman–Crippen MR) is 94.5 cm³/mol. The predicted octanol–water partition coefficient (Wildman–Crippen LogP) is 3.53. The van der Waals surface area contributed by atoms with Crippen LogP contribution in [-0.4, -0.2) is 35.1 Å². The largest absolute Gasteiger partial charge is 0.355 e. The molecule has 0 saturated carbocycles. The molecule has 0 spiro atoms. The van der Waals surface area contributed by atoms with E-state index in [0.29, 0.717) is 4.75 Å². The highest BCUT2D eigenvalue weighted by molar-refractivity contribution is 8.00. The highest BCUT2D eigenvalue weighted by atomic mass is 32.2. The van der Waals surface area contributed by atoms with E-state index in [2.05, 4.69) is 62.7 Å². The second kappa shape index (κ2) is 7.01. The smallest absolute Gasteiger partial charge is 0.133 e. The van der Waals surface area contributed by atoms with Crippen LogP contribution in [0.4, 0.5) is 5.82 Å². The lowest BCUT2D eigenvalue weighted by Crippen LogP contribution is -2.30. The van der Waals surface area contributed by atoms with Crippen LogP contribution < -0.4 is 10.2 Å². The quantitative estimate of drug-likeness (QED) is 0.921. The summed E-state index contributed by atoms with van der Waals surface area (Å²) in [6.07, 6.45) is 1.22. The molecule has 0 atom stereocenters. The molecule has 0 bridgehead atoms. The van der Waals surface area contributed by atoms with E-state index in [9.17, 15) is 0 Å². The summed E-state index contributed by atoms with van der Waals surface area (Å²) in [5.41, 5.74) is 3.85. The summed E-state index contributed by atoms with van der Waals surface area (Å²) < 4.78 is 0.384. The molecule has 1 aromatic rings. The maximum atomic E-state index is 4.88. The Morgan fingerprint density at radius 3 is 2.81 bits per heavy atom. The summed E-state index contributed by atoms with van der Waals surface area (Å²) in [5, 5.41) is 3.46. The van der Waals surface area contributed by atoms with E-state index in [1.165, 1.54) is 29.1 Å². The van der Waals surface area contributed by atoms with Gasteiger partial charge >= 0.3 is 0 Å². The van der Waals surface area contributed by atoms with Crippen molar-refractivity contribution in [1.29, 1.82) is 0 Å². The van der Waals surface area contributed by atoms with Gasteiger partial charge in [0.25, 0.3) is 0 Å². The van der Waals surface area contributed by atoms with Gasteiger partial charge in [0.2, 0.25) is 0 Å². The maximum Gasteiger partial charge on any atom is 0.133 e. The van der Waals surface area contributed by atoms with Crippen molar-refractivity contribution in [1.82, 2.24) is 10.3 Å². The van der Waals surface area contributed by atoms with Crippen molar-refractivity contribution < 1.29 is 0 Å². The van der Waals surface area contributed by atoms with Crippen LogP contribution in [0, 0.1) is 13.8 Å². The van der Waals surface area contributed by atoms with Crippen LogP contribution in [0.5, 0.6) is 0 Å². The van der Waals surface area contributed by atoms with Crippen LogP contribution in [-0.2, 0) is 6.54 Å². The molecular weight excluding hydrogens is 278 g/mol. The Labute approximate surface area is 133 Å². The molecule has 3 nitrogen and oxygen atoms in total. The molecule has 1 aromatic heterocycles. The van der Waals surface area contributed by atoms with Crippen LogP contribution in [0.15, 0.2) is 6.07 Å². The Balaban J connectivity index is 2.28. The maximum absolute atomic E-state index is 4.88. The second-order valence-electron chi connectivity index (χ2n) is 6.51. The van der Waals surface area contributed by atoms with Crippen LogP contribution in [0.3, 0.4) is 0 Å². The van der Waals surface area contributed by atoms with E-state index in [-0.39, 0.29) is 0 Å². The van der Waals surface area contributed by atoms with Gasteiger partial charge in [0.05, 0.1) is 0 Å². The zero-order chi connectivity index (χ0) is 15.5. The molecule has 2 rings (SSSR count). The summed E-state index contributed by atoms with van der Waals surface area (Å²) >= 11 is 2.09. The van der Waals surface area contributed by atoms with Crippen LogP contribution >= 0.6 is 11.8 Å². The first-order valence-corrected chi connectivity index (χ1v) is 8.98. The van der Waals surface area contributed by atoms with Gasteiger partial charge in [-0.2, -0.15) is 11.8 Å². The second-order valence-corrected chi connectivity index (χ2v) is 8.31. The lowest BCUT2D eigenvalue weighted by molar-refractivity contribution is 0.631. The van der Waals surface area contributed by atoms with Gasteiger partial charge < -0.3 is 10.2 Å². The van der Waals surface area contributed by atoms with Crippen molar-refractivity contribution in [3.05, 3.63) is 22.9 Å². The van der Waals surface area contributed by atoms with E-state index in [1.54, 1.807) is 0 Å². The molecule has 118 valence electrons. The normalized spacial score (nSPS) is 18.6. The molecule has 1 N–H and O–H groups in total. The average molecular weight is 308 g/mol. The zero-order valence-corrected chi connectivity index (χ0v) is 14.9. The lowest BCUT2D eigenvalue weighted by atomic mass is 10.1. The molecule has 1 aliphatic rings. The molecule has 0 radical (unpaired) electrons. The fourth-order valence-corrected chi connectivity index (χ4v) is 3.91. The number of nitrogens with one attached hydrogen (secondary N) is 1. The monoisotopic (exact) mass is 307 g/mol. The molecule has 2 heterocycles. The topological polar surface area (TPSA) is 28.2 Å². The molecule has 1 fully saturated rings. The number of rotatable bonds is 4. The van der Waals surface area contributed by atoms with Gasteiger partial charge in [0.1, 0.15) is 5.82 Å². The van der Waals surface area contributed by atoms with E-state index in [1.807, 2.05) is 0 Å². The van der Waals surface area contributed by atoms with E-state index >= 15 is 0 Å². The van der Waals surface area contributed by atoms with Gasteiger partial charge in [-0.05, 0) is 38.4 Å². The Morgan fingerprint density at radius 2 is 2.10 bits per heavy atom. The summed E-state index contributed by atoms with van der Waals surface area (Å²) in [4.78, 5) is 7.37. The average Bonchev–Trinajstić information content (AvgIpc) is 2.58. The Kier molecular flexibility index (Phi) is 5.55. The molecular formula is C17H29N3S. The summed E-state index contributed by atoms with van der Waals surface area (Å²) in [6, 6.07) is 2.20. The zero-order valence-electron chi connectivity index (χ0n) is 14.1. The first-order chi connectivity index (χ1) is 9.93. The fourth-order valence-electron chi connectivity index (χ4n) is 2.81. The highest BCUT2D eigenvalue weighted by Crippen LogP contribution is 2.33. The third-order valence-corrected chi connectivity index (χ3v) is 5.51. The van der Waals surface area contributed by atoms with Gasteiger partial charge in [-0.3, -0.25) is 0 Å². The number of aromatic nitrogens is 1. The minimum atomic E-state index is 0.384. The fraction of sp³-hybridized carbons (Fsp3) is 0.706. The first-order valence-electron chi connectivity index (χ1n) is 7.99. The molecule has 0 aliphatic carbocycles. The molecule has 0 unspecified atom stereocenters. The highest BCUT2D eigenvalue weighted by Gasteiger charge is 2.25. The third kappa shape index (κ3) is 4.36. The molecule has 1 aliphatic heterocycles. The van der Waals surface area contributed by atoms with Crippen molar-refractivity contribution in [3.63, 3.8) is 0 Å². The Bertz CT molecular complexity index is 485. The van der Waals surface area contributed by atoms with Crippen molar-refractivity contribution in [2.45, 2.75) is 52.3 Å². The van der Waals surface area contributed by atoms with Crippen molar-refractivity contribution >= 4 is 17.6 Å². The molecule has 4 heteroatoms. The summed E-state index contributed by atoms with van der Waals surface area (Å²) in [7, 11) is 0. The molecule has 0 amide bonds. The minimum absolute atomic E-state index is 0.384. The third-order valence-electron chi connectivity index (χ3n) is 4.14. The van der Waals surface area contributed by atoms with Crippen LogP contribution in [0.2, 0.25) is 0 Å². The molecule has 0 aromatic carbocycles. The number of pyridine rings is 1. The van der Waals surface area contributed by atoms with Crippen LogP contribution in [0.25, 0.3) is 0 Å². The summed E-state index contributed by atoms with van der Waals surface area (Å²) in [6.45, 7) is 15.3. The lowest BCUT2D eigenvalue weighted by Gasteiger charge is -2.26. The number of nitrogens with zero attached hydrogens (tertiary/aromatic N) is 2. The van der Waals surface area contributed by atoms with Crippen molar-refractivity contribution in [3.8, 4) is 0 Å². The Hall–Kier alpha value is -0.740. The van der Waals surface area contributed by atoms with Gasteiger partial charge in [0.15, 0.2) is 0 Å². The van der Waals surface area contributed by atoms with Crippen molar-refractivity contribution in [2.75, 3.05) is 30.3 Å². The van der Waals surface area contributed by atoms with Crippen LogP contribution in [0.1, 0.15) is 44.0 Å². The van der Waals surface area contributed by atoms with E-state index in [4.69, 9.17) is 4.98 Å². The van der Waals surface area contributed by atoms with Gasteiger partial charge in [-0.1, -0.05) is 20.8 Å². The molecule has 1 saturated heterocycles. The first kappa shape index (κ1) is 16.6. The standard InChI is InChI=1S/C17H29N3S/c1-6-18-12-15-13(2)11-14(3)19-16(15)20-8-7-17(4,5)21-10-9-20/h11,18H,6-10,12H2,1-5H3. The van der Waals surface area contributed by atoms with Crippen molar-refractivity contribution in [2.24, 2.45) is 0 Å². The number of thioether (sulfide) groups is 1. The van der Waals surface area contributed by atoms with E-state index < -0.39 is 0 Å². The number of hydrogen-bond donors (Lipinski definition) is 1. The summed E-state index contributed by atoms with van der Waals surface area (Å²) in [5.74, 6) is 2.38. The number of aryl methyl sites for hydroxylation is 2. The van der Waals surface area contributed by atoms with Gasteiger partial charge in [-0.25, -0.2) is 4.98 Å². The van der Waals surface area contributed by atoms with Gasteiger partial charge in [0, 0.05) is 41.4 Å². The molecule has 21 heavy (non-hydrogen) atoms. The minimum Gasteiger partial charge on any atom is -0.355 e. The number of anilines is 1. The SMILES string of the molecule is CCNCc1c(C)cc(C)nc1N1CCSC(C)(C)CC1. The van der Waals surface area contributed by atoms with Gasteiger partial charge in [-0.15, -0.1) is 0 Å². The van der Waals surface area contributed by atoms with E-state index in [0.717, 1.165) is 31.9 Å². The Morgan fingerprint density at radius 1 is 1.33 bits per heavy atom.